The van der Waals surface area contributed by atoms with Gasteiger partial charge in [0.15, 0.2) is 0 Å². The molecule has 35 heavy (non-hydrogen) atoms. The standard InChI is InChI=1S/C28H26N2O4S/c31-28(26-13-7-8-14-27(26)34-20-19-22-9-3-1-4-10-22)30-24-15-17-25(18-16-24)35(32,33)29-21-23-11-5-2-6-12-23/h1-18,29H,19-21H2,(H,30,31). The number of hydrogen-bond acceptors (Lipinski definition) is 4. The molecule has 1 amide bonds. The van der Waals surface area contributed by atoms with Gasteiger partial charge in [-0.15, -0.1) is 0 Å². The van der Waals surface area contributed by atoms with Crippen LogP contribution in [0.5, 0.6) is 5.75 Å². The van der Waals surface area contributed by atoms with Gasteiger partial charge < -0.3 is 10.1 Å². The van der Waals surface area contributed by atoms with Crippen LogP contribution in [0.15, 0.2) is 114 Å². The summed E-state index contributed by atoms with van der Waals surface area (Å²) in [7, 11) is -3.68. The number of ether oxygens (including phenoxy) is 1. The van der Waals surface area contributed by atoms with Crippen molar-refractivity contribution >= 4 is 21.6 Å². The maximum Gasteiger partial charge on any atom is 0.259 e. The second-order valence-electron chi connectivity index (χ2n) is 7.87. The molecule has 0 aromatic heterocycles. The lowest BCUT2D eigenvalue weighted by atomic mass is 10.1. The van der Waals surface area contributed by atoms with Crippen LogP contribution in [0.3, 0.4) is 0 Å². The first-order valence-corrected chi connectivity index (χ1v) is 12.7. The molecule has 0 heterocycles. The molecule has 0 bridgehead atoms. The first-order valence-electron chi connectivity index (χ1n) is 11.2. The van der Waals surface area contributed by atoms with Gasteiger partial charge in [0.05, 0.1) is 17.1 Å². The van der Waals surface area contributed by atoms with E-state index in [1.165, 1.54) is 12.1 Å². The summed E-state index contributed by atoms with van der Waals surface area (Å²) in [5, 5.41) is 2.81. The van der Waals surface area contributed by atoms with Crippen molar-refractivity contribution in [3.63, 3.8) is 0 Å². The quantitative estimate of drug-likeness (QED) is 0.329. The highest BCUT2D eigenvalue weighted by Crippen LogP contribution is 2.21. The highest BCUT2D eigenvalue weighted by molar-refractivity contribution is 7.89. The van der Waals surface area contributed by atoms with E-state index < -0.39 is 10.0 Å². The molecule has 0 atom stereocenters. The number of sulfonamides is 1. The molecule has 6 nitrogen and oxygen atoms in total. The van der Waals surface area contributed by atoms with Crippen LogP contribution in [-0.4, -0.2) is 20.9 Å². The summed E-state index contributed by atoms with van der Waals surface area (Å²) < 4.78 is 33.6. The van der Waals surface area contributed by atoms with Crippen molar-refractivity contribution in [2.45, 2.75) is 17.9 Å². The molecule has 0 aliphatic carbocycles. The van der Waals surface area contributed by atoms with Gasteiger partial charge in [-0.1, -0.05) is 72.8 Å². The van der Waals surface area contributed by atoms with E-state index in [4.69, 9.17) is 4.74 Å². The Labute approximate surface area is 205 Å². The number of para-hydroxylation sites is 1. The van der Waals surface area contributed by atoms with Crippen LogP contribution >= 0.6 is 0 Å². The van der Waals surface area contributed by atoms with E-state index in [0.717, 1.165) is 17.5 Å². The van der Waals surface area contributed by atoms with Crippen molar-refractivity contribution in [1.29, 1.82) is 0 Å². The Bertz CT molecular complexity index is 1360. The minimum absolute atomic E-state index is 0.121. The number of anilines is 1. The van der Waals surface area contributed by atoms with Gasteiger partial charge in [-0.05, 0) is 47.5 Å². The second kappa shape index (κ2) is 11.5. The van der Waals surface area contributed by atoms with Crippen LogP contribution in [-0.2, 0) is 23.0 Å². The van der Waals surface area contributed by atoms with E-state index in [1.807, 2.05) is 66.7 Å². The zero-order valence-electron chi connectivity index (χ0n) is 19.1. The largest absolute Gasteiger partial charge is 0.492 e. The third-order valence-corrected chi connectivity index (χ3v) is 6.77. The molecule has 0 saturated carbocycles. The summed E-state index contributed by atoms with van der Waals surface area (Å²) in [5.74, 6) is 0.156. The van der Waals surface area contributed by atoms with Crippen LogP contribution in [0.2, 0.25) is 0 Å². The highest BCUT2D eigenvalue weighted by atomic mass is 32.2. The van der Waals surface area contributed by atoms with E-state index in [0.29, 0.717) is 23.6 Å². The Balaban J connectivity index is 1.37. The van der Waals surface area contributed by atoms with Crippen molar-refractivity contribution in [3.05, 3.63) is 126 Å². The molecule has 4 aromatic rings. The lowest BCUT2D eigenvalue weighted by Gasteiger charge is -2.12. The van der Waals surface area contributed by atoms with E-state index in [9.17, 15) is 13.2 Å². The molecule has 7 heteroatoms. The average molecular weight is 487 g/mol. The van der Waals surface area contributed by atoms with E-state index in [1.54, 1.807) is 30.3 Å². The number of rotatable bonds is 10. The number of benzene rings is 4. The number of amides is 1. The van der Waals surface area contributed by atoms with Crippen LogP contribution in [0, 0.1) is 0 Å². The fourth-order valence-corrected chi connectivity index (χ4v) is 4.49. The molecule has 0 aliphatic heterocycles. The zero-order valence-corrected chi connectivity index (χ0v) is 19.9. The van der Waals surface area contributed by atoms with Crippen molar-refractivity contribution < 1.29 is 17.9 Å². The molecule has 0 unspecified atom stereocenters. The Kier molecular flexibility index (Phi) is 7.92. The molecule has 4 aromatic carbocycles. The summed E-state index contributed by atoms with van der Waals surface area (Å²) in [6.07, 6.45) is 0.727. The molecule has 178 valence electrons. The smallest absolute Gasteiger partial charge is 0.259 e. The van der Waals surface area contributed by atoms with Crippen molar-refractivity contribution in [1.82, 2.24) is 4.72 Å². The van der Waals surface area contributed by atoms with Gasteiger partial charge >= 0.3 is 0 Å². The molecule has 0 fully saturated rings. The summed E-state index contributed by atoms with van der Waals surface area (Å²) in [5.41, 5.74) is 2.91. The Hall–Kier alpha value is -3.94. The average Bonchev–Trinajstić information content (AvgIpc) is 2.89. The molecule has 0 radical (unpaired) electrons. The maximum atomic E-state index is 12.9. The molecule has 0 saturated heterocycles. The van der Waals surface area contributed by atoms with Gasteiger partial charge in [-0.3, -0.25) is 4.79 Å². The van der Waals surface area contributed by atoms with E-state index in [-0.39, 0.29) is 17.3 Å². The van der Waals surface area contributed by atoms with E-state index >= 15 is 0 Å². The van der Waals surface area contributed by atoms with Crippen molar-refractivity contribution in [2.24, 2.45) is 0 Å². The normalized spacial score (nSPS) is 11.1. The Morgan fingerprint density at radius 2 is 1.31 bits per heavy atom. The molecule has 2 N–H and O–H groups in total. The third kappa shape index (κ3) is 6.79. The van der Waals surface area contributed by atoms with Crippen molar-refractivity contribution in [3.8, 4) is 5.75 Å². The topological polar surface area (TPSA) is 84.5 Å². The number of nitrogens with one attached hydrogen (secondary N) is 2. The number of carbonyl (C=O) groups is 1. The van der Waals surface area contributed by atoms with Gasteiger partial charge in [0.25, 0.3) is 5.91 Å². The van der Waals surface area contributed by atoms with Crippen LogP contribution in [0.4, 0.5) is 5.69 Å². The first-order chi connectivity index (χ1) is 17.0. The van der Waals surface area contributed by atoms with Gasteiger partial charge in [0, 0.05) is 18.7 Å². The molecule has 4 rings (SSSR count). The third-order valence-electron chi connectivity index (χ3n) is 5.35. The predicted octanol–water partition coefficient (Wildman–Crippen LogP) is 5.04. The number of hydrogen-bond donors (Lipinski definition) is 2. The molecule has 0 spiro atoms. The fourth-order valence-electron chi connectivity index (χ4n) is 3.48. The summed E-state index contributed by atoms with van der Waals surface area (Å²) in [6.45, 7) is 0.638. The predicted molar refractivity (Wildman–Crippen MR) is 137 cm³/mol. The number of carbonyl (C=O) groups excluding carboxylic acids is 1. The lowest BCUT2D eigenvalue weighted by Crippen LogP contribution is -2.23. The minimum Gasteiger partial charge on any atom is -0.492 e. The molecular weight excluding hydrogens is 460 g/mol. The summed E-state index contributed by atoms with van der Waals surface area (Å²) in [4.78, 5) is 13.0. The van der Waals surface area contributed by atoms with E-state index in [2.05, 4.69) is 10.0 Å². The molecule has 0 aliphatic rings. The van der Waals surface area contributed by atoms with Crippen LogP contribution in [0.1, 0.15) is 21.5 Å². The van der Waals surface area contributed by atoms with Crippen LogP contribution in [0.25, 0.3) is 0 Å². The fraction of sp³-hybridized carbons (Fsp3) is 0.107. The monoisotopic (exact) mass is 486 g/mol. The SMILES string of the molecule is O=C(Nc1ccc(S(=O)(=O)NCc2ccccc2)cc1)c1ccccc1OCCc1ccccc1. The summed E-state index contributed by atoms with van der Waals surface area (Å²) in [6, 6.07) is 32.4. The zero-order chi connectivity index (χ0) is 24.5. The summed E-state index contributed by atoms with van der Waals surface area (Å²) >= 11 is 0. The first kappa shape index (κ1) is 24.2. The Morgan fingerprint density at radius 1 is 0.714 bits per heavy atom. The van der Waals surface area contributed by atoms with Gasteiger partial charge in [-0.2, -0.15) is 0 Å². The minimum atomic E-state index is -3.68. The second-order valence-corrected chi connectivity index (χ2v) is 9.64. The van der Waals surface area contributed by atoms with Gasteiger partial charge in [-0.25, -0.2) is 13.1 Å². The maximum absolute atomic E-state index is 12.9. The highest BCUT2D eigenvalue weighted by Gasteiger charge is 2.15. The van der Waals surface area contributed by atoms with Gasteiger partial charge in [0.2, 0.25) is 10.0 Å². The van der Waals surface area contributed by atoms with Crippen LogP contribution < -0.4 is 14.8 Å². The lowest BCUT2D eigenvalue weighted by molar-refractivity contribution is 0.102. The van der Waals surface area contributed by atoms with Crippen molar-refractivity contribution in [2.75, 3.05) is 11.9 Å². The molecular formula is C28H26N2O4S. The van der Waals surface area contributed by atoms with Gasteiger partial charge in [0.1, 0.15) is 5.75 Å². The Morgan fingerprint density at radius 3 is 2.00 bits per heavy atom.